The van der Waals surface area contributed by atoms with Gasteiger partial charge in [0.05, 0.1) is 36.3 Å². The van der Waals surface area contributed by atoms with Crippen LogP contribution in [0.15, 0.2) is 53.1 Å². The molecular formula is C20H21NO5S. The first-order chi connectivity index (χ1) is 13.0. The Morgan fingerprint density at radius 3 is 2.59 bits per heavy atom. The van der Waals surface area contributed by atoms with Crippen LogP contribution in [-0.4, -0.2) is 53.2 Å². The molecule has 7 heteroatoms. The Kier molecular flexibility index (Phi) is 6.05. The molecule has 1 aromatic heterocycles. The van der Waals surface area contributed by atoms with E-state index in [-0.39, 0.29) is 37.7 Å². The smallest absolute Gasteiger partial charge is 0.290 e. The molecule has 1 aliphatic heterocycles. The monoisotopic (exact) mass is 387 g/mol. The van der Waals surface area contributed by atoms with Gasteiger partial charge in [-0.3, -0.25) is 9.59 Å². The number of nitrogens with zero attached hydrogens (tertiary/aromatic N) is 1. The lowest BCUT2D eigenvalue weighted by Crippen LogP contribution is -2.34. The van der Waals surface area contributed by atoms with Gasteiger partial charge < -0.3 is 19.8 Å². The molecule has 1 aliphatic rings. The van der Waals surface area contributed by atoms with E-state index in [1.54, 1.807) is 17.5 Å². The second kappa shape index (κ2) is 8.47. The third-order valence-electron chi connectivity index (χ3n) is 4.40. The molecule has 2 N–H and O–H groups in total. The number of aryl methyl sites for hydroxylation is 1. The van der Waals surface area contributed by atoms with Gasteiger partial charge in [0.2, 0.25) is 5.78 Å². The maximum atomic E-state index is 13.0. The summed E-state index contributed by atoms with van der Waals surface area (Å²) in [5.41, 5.74) is 1.90. The summed E-state index contributed by atoms with van der Waals surface area (Å²) in [7, 11) is 0. The number of Topliss-reactive ketones (excluding diaryl/α,β-unsaturated/α-hetero) is 1. The van der Waals surface area contributed by atoms with Gasteiger partial charge in [0, 0.05) is 6.54 Å². The summed E-state index contributed by atoms with van der Waals surface area (Å²) in [5, 5.41) is 21.1. The van der Waals surface area contributed by atoms with Gasteiger partial charge in [0.15, 0.2) is 5.76 Å². The highest BCUT2D eigenvalue weighted by molar-refractivity contribution is 7.12. The van der Waals surface area contributed by atoms with Crippen molar-refractivity contribution in [2.24, 2.45) is 0 Å². The fourth-order valence-corrected chi connectivity index (χ4v) is 3.76. The summed E-state index contributed by atoms with van der Waals surface area (Å²) in [6, 6.07) is 10.3. The van der Waals surface area contributed by atoms with Crippen molar-refractivity contribution in [1.29, 1.82) is 0 Å². The van der Waals surface area contributed by atoms with Crippen LogP contribution in [0, 0.1) is 6.92 Å². The average molecular weight is 387 g/mol. The van der Waals surface area contributed by atoms with Gasteiger partial charge in [-0.05, 0) is 23.9 Å². The van der Waals surface area contributed by atoms with Crippen LogP contribution in [0.4, 0.5) is 0 Å². The Labute approximate surface area is 161 Å². The Hall–Kier alpha value is -2.48. The first-order valence-corrected chi connectivity index (χ1v) is 9.50. The normalized spacial score (nSPS) is 17.0. The van der Waals surface area contributed by atoms with Crippen LogP contribution in [0.3, 0.4) is 0 Å². The predicted molar refractivity (Wildman–Crippen MR) is 102 cm³/mol. The third kappa shape index (κ3) is 3.95. The fraction of sp³-hybridized carbons (Fsp3) is 0.300. The predicted octanol–water partition coefficient (Wildman–Crippen LogP) is 2.64. The SMILES string of the molecule is Cc1ccc([C@H]2C(C(=O)c3cccs3)=C(O)C(=O)N2CCOCCO)cc1. The molecule has 1 atom stereocenters. The molecule has 0 spiro atoms. The van der Waals surface area contributed by atoms with Crippen LogP contribution in [0.1, 0.15) is 26.8 Å². The molecule has 6 nitrogen and oxygen atoms in total. The van der Waals surface area contributed by atoms with E-state index in [9.17, 15) is 14.7 Å². The molecule has 0 bridgehead atoms. The summed E-state index contributed by atoms with van der Waals surface area (Å²) in [4.78, 5) is 27.6. The van der Waals surface area contributed by atoms with Crippen molar-refractivity contribution in [2.75, 3.05) is 26.4 Å². The van der Waals surface area contributed by atoms with Crippen molar-refractivity contribution in [3.8, 4) is 0 Å². The minimum Gasteiger partial charge on any atom is -0.503 e. The molecule has 0 fully saturated rings. The van der Waals surface area contributed by atoms with Crippen molar-refractivity contribution in [3.05, 3.63) is 69.1 Å². The highest BCUT2D eigenvalue weighted by Gasteiger charge is 2.43. The van der Waals surface area contributed by atoms with Crippen LogP contribution in [0.2, 0.25) is 0 Å². The molecule has 142 valence electrons. The van der Waals surface area contributed by atoms with E-state index in [0.29, 0.717) is 4.88 Å². The van der Waals surface area contributed by atoms with Crippen LogP contribution < -0.4 is 0 Å². The van der Waals surface area contributed by atoms with E-state index in [4.69, 9.17) is 9.84 Å². The van der Waals surface area contributed by atoms with Crippen molar-refractivity contribution in [1.82, 2.24) is 4.90 Å². The summed E-state index contributed by atoms with van der Waals surface area (Å²) >= 11 is 1.27. The number of aliphatic hydroxyl groups excluding tert-OH is 2. The molecule has 0 radical (unpaired) electrons. The number of carbonyl (C=O) groups is 2. The Morgan fingerprint density at radius 1 is 1.22 bits per heavy atom. The number of ketones is 1. The van der Waals surface area contributed by atoms with Crippen LogP contribution in [-0.2, 0) is 9.53 Å². The number of benzene rings is 1. The number of rotatable bonds is 8. The third-order valence-corrected chi connectivity index (χ3v) is 5.27. The Bertz CT molecular complexity index is 842. The largest absolute Gasteiger partial charge is 0.503 e. The number of carbonyl (C=O) groups excluding carboxylic acids is 2. The number of hydrogen-bond acceptors (Lipinski definition) is 6. The van der Waals surface area contributed by atoms with Crippen LogP contribution in [0.25, 0.3) is 0 Å². The summed E-state index contributed by atoms with van der Waals surface area (Å²) in [5.74, 6) is -1.45. The van der Waals surface area contributed by atoms with Gasteiger partial charge in [-0.15, -0.1) is 11.3 Å². The number of ether oxygens (including phenoxy) is 1. The number of aliphatic hydroxyl groups is 2. The van der Waals surface area contributed by atoms with Gasteiger partial charge in [-0.2, -0.15) is 0 Å². The fourth-order valence-electron chi connectivity index (χ4n) is 3.08. The zero-order valence-corrected chi connectivity index (χ0v) is 15.7. The van der Waals surface area contributed by atoms with Crippen LogP contribution >= 0.6 is 11.3 Å². The number of amides is 1. The lowest BCUT2D eigenvalue weighted by molar-refractivity contribution is -0.130. The van der Waals surface area contributed by atoms with Crippen molar-refractivity contribution < 1.29 is 24.5 Å². The topological polar surface area (TPSA) is 87.1 Å². The standard InChI is InChI=1S/C20H21NO5S/c1-13-4-6-14(7-5-13)17-16(18(23)15-3-2-12-27-15)19(24)20(25)21(17)8-10-26-11-9-22/h2-7,12,17,22,24H,8-11H2,1H3/t17-/m0/s1. The number of hydrogen-bond donors (Lipinski definition) is 2. The minimum atomic E-state index is -0.676. The van der Waals surface area contributed by atoms with E-state index >= 15 is 0 Å². The zero-order valence-electron chi connectivity index (χ0n) is 14.9. The molecule has 1 aromatic carbocycles. The van der Waals surface area contributed by atoms with Gasteiger partial charge in [-0.1, -0.05) is 35.9 Å². The molecule has 1 amide bonds. The Morgan fingerprint density at radius 2 is 1.96 bits per heavy atom. The van der Waals surface area contributed by atoms with Crippen molar-refractivity contribution in [2.45, 2.75) is 13.0 Å². The second-order valence-electron chi connectivity index (χ2n) is 6.22. The molecule has 2 heterocycles. The molecule has 2 aromatic rings. The molecular weight excluding hydrogens is 366 g/mol. The minimum absolute atomic E-state index is 0.0912. The summed E-state index contributed by atoms with van der Waals surface area (Å²) < 4.78 is 5.27. The molecule has 3 rings (SSSR count). The summed E-state index contributed by atoms with van der Waals surface area (Å²) in [6.07, 6.45) is 0. The quantitative estimate of drug-likeness (QED) is 0.537. The average Bonchev–Trinajstić information content (AvgIpc) is 3.28. The lowest BCUT2D eigenvalue weighted by Gasteiger charge is -2.26. The first kappa shape index (κ1) is 19.3. The molecule has 0 saturated heterocycles. The van der Waals surface area contributed by atoms with E-state index in [1.807, 2.05) is 31.2 Å². The second-order valence-corrected chi connectivity index (χ2v) is 7.16. The highest BCUT2D eigenvalue weighted by atomic mass is 32.1. The van der Waals surface area contributed by atoms with E-state index in [1.165, 1.54) is 16.2 Å². The molecule has 27 heavy (non-hydrogen) atoms. The van der Waals surface area contributed by atoms with Crippen molar-refractivity contribution >= 4 is 23.0 Å². The molecule has 0 saturated carbocycles. The molecule has 0 unspecified atom stereocenters. The van der Waals surface area contributed by atoms with E-state index in [2.05, 4.69) is 0 Å². The van der Waals surface area contributed by atoms with Crippen LogP contribution in [0.5, 0.6) is 0 Å². The van der Waals surface area contributed by atoms with E-state index in [0.717, 1.165) is 11.1 Å². The maximum absolute atomic E-state index is 13.0. The Balaban J connectivity index is 1.96. The van der Waals surface area contributed by atoms with Gasteiger partial charge in [0.25, 0.3) is 5.91 Å². The maximum Gasteiger partial charge on any atom is 0.290 e. The van der Waals surface area contributed by atoms with Gasteiger partial charge >= 0.3 is 0 Å². The lowest BCUT2D eigenvalue weighted by atomic mass is 9.95. The molecule has 0 aliphatic carbocycles. The zero-order chi connectivity index (χ0) is 19.4. The van der Waals surface area contributed by atoms with Gasteiger partial charge in [0.1, 0.15) is 0 Å². The first-order valence-electron chi connectivity index (χ1n) is 8.62. The number of thiophene rings is 1. The van der Waals surface area contributed by atoms with Gasteiger partial charge in [-0.25, -0.2) is 0 Å². The van der Waals surface area contributed by atoms with Crippen molar-refractivity contribution in [3.63, 3.8) is 0 Å². The highest BCUT2D eigenvalue weighted by Crippen LogP contribution is 2.39. The summed E-state index contributed by atoms with van der Waals surface area (Å²) in [6.45, 7) is 2.40. The van der Waals surface area contributed by atoms with E-state index < -0.39 is 17.7 Å².